The average Bonchev–Trinajstić information content (AvgIpc) is 2.76. The molecular formula is C26H46O8. The third-order valence-corrected chi connectivity index (χ3v) is 5.72. The molecule has 0 saturated heterocycles. The minimum absolute atomic E-state index is 0.130. The molecule has 1 atom stereocenters. The molecule has 0 saturated carbocycles. The Morgan fingerprint density at radius 1 is 0.647 bits per heavy atom. The lowest BCUT2D eigenvalue weighted by Gasteiger charge is -2.21. The van der Waals surface area contributed by atoms with E-state index in [2.05, 4.69) is 6.92 Å². The van der Waals surface area contributed by atoms with Gasteiger partial charge in [-0.2, -0.15) is 0 Å². The number of carboxylic acids is 1. The normalized spacial score (nSPS) is 12.7. The number of aliphatic hydroxyl groups is 1. The molecule has 0 aromatic rings. The molecule has 0 aliphatic heterocycles. The molecular weight excluding hydrogens is 440 g/mol. The van der Waals surface area contributed by atoms with Gasteiger partial charge in [0, 0.05) is 6.42 Å². The first-order valence-electron chi connectivity index (χ1n) is 13.0. The van der Waals surface area contributed by atoms with Gasteiger partial charge in [-0.3, -0.25) is 9.59 Å². The zero-order valence-corrected chi connectivity index (χ0v) is 21.3. The lowest BCUT2D eigenvalue weighted by molar-refractivity contribution is -0.173. The Morgan fingerprint density at radius 3 is 1.41 bits per heavy atom. The van der Waals surface area contributed by atoms with Crippen LogP contribution in [0.5, 0.6) is 0 Å². The number of Topliss-reactive ketones (excluding diaryl/α,β-unsaturated/α-hetero) is 1. The van der Waals surface area contributed by atoms with Gasteiger partial charge in [0.1, 0.15) is 5.78 Å². The van der Waals surface area contributed by atoms with Gasteiger partial charge in [0.25, 0.3) is 0 Å². The van der Waals surface area contributed by atoms with Gasteiger partial charge in [0.2, 0.25) is 0 Å². The van der Waals surface area contributed by atoms with Gasteiger partial charge in [-0.05, 0) is 26.2 Å². The zero-order chi connectivity index (χ0) is 25.7. The van der Waals surface area contributed by atoms with Gasteiger partial charge in [-0.15, -0.1) is 0 Å². The highest BCUT2D eigenvalue weighted by Crippen LogP contribution is 2.19. The van der Waals surface area contributed by atoms with Crippen LogP contribution < -0.4 is 0 Å². The maximum Gasteiger partial charge on any atom is 0.336 e. The van der Waals surface area contributed by atoms with Gasteiger partial charge in [-0.1, -0.05) is 77.6 Å². The van der Waals surface area contributed by atoms with E-state index in [1.807, 2.05) is 0 Å². The zero-order valence-electron chi connectivity index (χ0n) is 21.3. The van der Waals surface area contributed by atoms with Crippen molar-refractivity contribution in [1.29, 1.82) is 0 Å². The highest BCUT2D eigenvalue weighted by Gasteiger charge is 2.42. The molecule has 0 heterocycles. The first kappa shape index (κ1) is 32.0. The van der Waals surface area contributed by atoms with Gasteiger partial charge in [0.05, 0.1) is 26.1 Å². The van der Waals surface area contributed by atoms with Crippen LogP contribution in [0.15, 0.2) is 0 Å². The second kappa shape index (κ2) is 20.4. The van der Waals surface area contributed by atoms with E-state index in [1.165, 1.54) is 25.7 Å². The molecule has 34 heavy (non-hydrogen) atoms. The molecule has 0 aromatic carbocycles. The molecule has 198 valence electrons. The Hall–Kier alpha value is -1.96. The highest BCUT2D eigenvalue weighted by molar-refractivity contribution is 5.89. The maximum atomic E-state index is 12.0. The summed E-state index contributed by atoms with van der Waals surface area (Å²) in [5.41, 5.74) is -2.54. The first-order chi connectivity index (χ1) is 16.2. The Balaban J connectivity index is 4.00. The number of rotatable bonds is 23. The third-order valence-electron chi connectivity index (χ3n) is 5.72. The summed E-state index contributed by atoms with van der Waals surface area (Å²) >= 11 is 0. The van der Waals surface area contributed by atoms with Crippen LogP contribution in [0.3, 0.4) is 0 Å². The van der Waals surface area contributed by atoms with Crippen molar-refractivity contribution >= 4 is 23.7 Å². The molecule has 8 nitrogen and oxygen atoms in total. The van der Waals surface area contributed by atoms with Crippen LogP contribution in [-0.2, 0) is 28.7 Å². The number of carboxylic acid groups (broad SMARTS) is 1. The standard InChI is InChI=1S/C26H46O8/c1-3-4-5-6-7-9-12-15-18-33-23(28)20-26(32,25(30)31)21-24(29)34-19-16-13-10-8-11-14-17-22(2)27/h32H,3-21H2,1-2H3,(H,30,31). The molecule has 2 N–H and O–H groups in total. The lowest BCUT2D eigenvalue weighted by atomic mass is 9.96. The Labute approximate surface area is 204 Å². The van der Waals surface area contributed by atoms with E-state index >= 15 is 0 Å². The summed E-state index contributed by atoms with van der Waals surface area (Å²) in [6.45, 7) is 4.06. The molecule has 0 rings (SSSR count). The number of carbonyl (C=O) groups is 4. The van der Waals surface area contributed by atoms with Crippen LogP contribution in [0.1, 0.15) is 123 Å². The summed E-state index contributed by atoms with van der Waals surface area (Å²) in [6, 6.07) is 0. The summed E-state index contributed by atoms with van der Waals surface area (Å²) in [4.78, 5) is 46.3. The fraction of sp³-hybridized carbons (Fsp3) is 0.846. The largest absolute Gasteiger partial charge is 0.479 e. The van der Waals surface area contributed by atoms with Crippen molar-refractivity contribution in [1.82, 2.24) is 0 Å². The Kier molecular flexibility index (Phi) is 19.2. The van der Waals surface area contributed by atoms with E-state index in [0.29, 0.717) is 19.3 Å². The molecule has 0 bridgehead atoms. The lowest BCUT2D eigenvalue weighted by Crippen LogP contribution is -2.43. The van der Waals surface area contributed by atoms with Crippen molar-refractivity contribution in [2.24, 2.45) is 0 Å². The quantitative estimate of drug-likeness (QED) is 0.150. The summed E-state index contributed by atoms with van der Waals surface area (Å²) in [5.74, 6) is -3.16. The van der Waals surface area contributed by atoms with Crippen LogP contribution in [0.4, 0.5) is 0 Å². The van der Waals surface area contributed by atoms with Crippen molar-refractivity contribution in [2.45, 2.75) is 129 Å². The van der Waals surface area contributed by atoms with Gasteiger partial charge in [-0.25, -0.2) is 4.79 Å². The molecule has 0 aromatic heterocycles. The summed E-state index contributed by atoms with van der Waals surface area (Å²) in [6.07, 6.45) is 13.0. The number of hydrogen-bond acceptors (Lipinski definition) is 7. The van der Waals surface area contributed by atoms with Crippen molar-refractivity contribution in [3.8, 4) is 0 Å². The Morgan fingerprint density at radius 2 is 1.03 bits per heavy atom. The molecule has 0 aliphatic carbocycles. The smallest absolute Gasteiger partial charge is 0.336 e. The van der Waals surface area contributed by atoms with Gasteiger partial charge >= 0.3 is 17.9 Å². The van der Waals surface area contributed by atoms with Crippen molar-refractivity contribution in [2.75, 3.05) is 13.2 Å². The van der Waals surface area contributed by atoms with Crippen LogP contribution >= 0.6 is 0 Å². The van der Waals surface area contributed by atoms with Crippen molar-refractivity contribution in [3.63, 3.8) is 0 Å². The van der Waals surface area contributed by atoms with Gasteiger partial charge in [0.15, 0.2) is 5.60 Å². The number of esters is 2. The SMILES string of the molecule is CCCCCCCCCCOC(=O)CC(O)(CC(=O)OCCCCCCCCC(C)=O)C(=O)O. The third kappa shape index (κ3) is 18.5. The van der Waals surface area contributed by atoms with Crippen LogP contribution in [0.2, 0.25) is 0 Å². The monoisotopic (exact) mass is 486 g/mol. The number of hydrogen-bond donors (Lipinski definition) is 2. The van der Waals surface area contributed by atoms with Gasteiger partial charge < -0.3 is 24.5 Å². The minimum atomic E-state index is -2.54. The molecule has 1 unspecified atom stereocenters. The fourth-order valence-electron chi connectivity index (χ4n) is 3.58. The van der Waals surface area contributed by atoms with E-state index in [1.54, 1.807) is 6.92 Å². The molecule has 0 amide bonds. The Bertz CT molecular complexity index is 589. The van der Waals surface area contributed by atoms with E-state index in [0.717, 1.165) is 51.4 Å². The van der Waals surface area contributed by atoms with Crippen LogP contribution in [-0.4, -0.2) is 52.7 Å². The second-order valence-corrected chi connectivity index (χ2v) is 9.18. The number of carbonyl (C=O) groups excluding carboxylic acids is 3. The highest BCUT2D eigenvalue weighted by atomic mass is 16.5. The molecule has 0 radical (unpaired) electrons. The summed E-state index contributed by atoms with van der Waals surface area (Å²) in [5, 5.41) is 19.6. The van der Waals surface area contributed by atoms with Crippen molar-refractivity contribution < 1.29 is 38.9 Å². The number of aliphatic carboxylic acids is 1. The predicted octanol–water partition coefficient (Wildman–Crippen LogP) is 5.13. The first-order valence-corrected chi connectivity index (χ1v) is 13.0. The fourth-order valence-corrected chi connectivity index (χ4v) is 3.58. The predicted molar refractivity (Wildman–Crippen MR) is 129 cm³/mol. The molecule has 8 heteroatoms. The number of unbranched alkanes of at least 4 members (excludes halogenated alkanes) is 12. The van der Waals surface area contributed by atoms with E-state index in [9.17, 15) is 29.4 Å². The van der Waals surface area contributed by atoms with E-state index in [-0.39, 0.29) is 19.0 Å². The van der Waals surface area contributed by atoms with E-state index in [4.69, 9.17) is 9.47 Å². The summed E-state index contributed by atoms with van der Waals surface area (Å²) < 4.78 is 10.1. The number of ketones is 1. The minimum Gasteiger partial charge on any atom is -0.479 e. The topological polar surface area (TPSA) is 127 Å². The van der Waals surface area contributed by atoms with Crippen molar-refractivity contribution in [3.05, 3.63) is 0 Å². The average molecular weight is 487 g/mol. The molecule has 0 aliphatic rings. The van der Waals surface area contributed by atoms with Crippen LogP contribution in [0.25, 0.3) is 0 Å². The molecule has 0 spiro atoms. The summed E-state index contributed by atoms with van der Waals surface area (Å²) in [7, 11) is 0. The van der Waals surface area contributed by atoms with Crippen LogP contribution in [0, 0.1) is 0 Å². The van der Waals surface area contributed by atoms with E-state index < -0.39 is 36.4 Å². The number of ether oxygens (including phenoxy) is 2. The second-order valence-electron chi connectivity index (χ2n) is 9.18. The molecule has 0 fully saturated rings. The maximum absolute atomic E-state index is 12.0.